The Morgan fingerprint density at radius 2 is 1.86 bits per heavy atom. The number of benzene rings is 2. The van der Waals surface area contributed by atoms with Gasteiger partial charge in [0.05, 0.1) is 6.61 Å². The van der Waals surface area contributed by atoms with E-state index in [-0.39, 0.29) is 5.56 Å². The molecule has 5 heteroatoms. The van der Waals surface area contributed by atoms with E-state index in [9.17, 15) is 8.78 Å². The highest BCUT2D eigenvalue weighted by Gasteiger charge is 2.20. The van der Waals surface area contributed by atoms with Crippen LogP contribution in [0.4, 0.5) is 8.78 Å². The Labute approximate surface area is 121 Å². The molecule has 1 aliphatic heterocycles. The molecule has 1 heterocycles. The first kappa shape index (κ1) is 14.0. The fourth-order valence-electron chi connectivity index (χ4n) is 2.17. The molecule has 110 valence electrons. The third-order valence-electron chi connectivity index (χ3n) is 3.33. The van der Waals surface area contributed by atoms with Crippen molar-refractivity contribution in [2.75, 3.05) is 6.54 Å². The summed E-state index contributed by atoms with van der Waals surface area (Å²) in [5.74, 6) is -1.71. The van der Waals surface area contributed by atoms with E-state index in [1.807, 2.05) is 6.07 Å². The van der Waals surface area contributed by atoms with Gasteiger partial charge >= 0.3 is 0 Å². The van der Waals surface area contributed by atoms with Gasteiger partial charge in [-0.25, -0.2) is 8.78 Å². The first-order valence-electron chi connectivity index (χ1n) is 6.74. The number of hydrogen-bond acceptors (Lipinski definition) is 3. The van der Waals surface area contributed by atoms with Gasteiger partial charge in [-0.15, -0.1) is 0 Å². The number of nitrogens with one attached hydrogen (secondary N) is 1. The van der Waals surface area contributed by atoms with Crippen molar-refractivity contribution < 1.29 is 18.6 Å². The van der Waals surface area contributed by atoms with Gasteiger partial charge in [0, 0.05) is 12.6 Å². The third-order valence-corrected chi connectivity index (χ3v) is 3.33. The van der Waals surface area contributed by atoms with Crippen LogP contribution in [0, 0.1) is 11.6 Å². The summed E-state index contributed by atoms with van der Waals surface area (Å²) in [5.41, 5.74) is 1.22. The second kappa shape index (κ2) is 5.79. The number of aliphatic hydroxyl groups is 1. The summed E-state index contributed by atoms with van der Waals surface area (Å²) in [7, 11) is 0. The van der Waals surface area contributed by atoms with Crippen molar-refractivity contribution in [3.63, 3.8) is 0 Å². The molecule has 0 amide bonds. The zero-order chi connectivity index (χ0) is 14.8. The molecule has 1 unspecified atom stereocenters. The van der Waals surface area contributed by atoms with Crippen molar-refractivity contribution in [3.8, 4) is 11.5 Å². The zero-order valence-corrected chi connectivity index (χ0v) is 11.3. The van der Waals surface area contributed by atoms with Gasteiger partial charge in [-0.1, -0.05) is 12.1 Å². The van der Waals surface area contributed by atoms with E-state index in [4.69, 9.17) is 9.84 Å². The lowest BCUT2D eigenvalue weighted by Crippen LogP contribution is -1.98. The molecule has 3 rings (SSSR count). The van der Waals surface area contributed by atoms with Crippen molar-refractivity contribution in [2.45, 2.75) is 19.1 Å². The highest BCUT2D eigenvalue weighted by atomic mass is 19.1. The smallest absolute Gasteiger partial charge is 0.198 e. The predicted octanol–water partition coefficient (Wildman–Crippen LogP) is 2.76. The SMILES string of the molecule is OCc1cc(F)c(Oc2cccc(CC3CN3)c2)c(F)c1. The van der Waals surface area contributed by atoms with E-state index in [0.29, 0.717) is 11.8 Å². The molecule has 2 aromatic carbocycles. The van der Waals surface area contributed by atoms with Gasteiger partial charge in [0.25, 0.3) is 0 Å². The zero-order valence-electron chi connectivity index (χ0n) is 11.3. The van der Waals surface area contributed by atoms with Gasteiger partial charge < -0.3 is 15.2 Å². The summed E-state index contributed by atoms with van der Waals surface area (Å²) in [6.45, 7) is 0.578. The maximum absolute atomic E-state index is 13.8. The average Bonchev–Trinajstić information content (AvgIpc) is 3.27. The van der Waals surface area contributed by atoms with Crippen molar-refractivity contribution in [2.24, 2.45) is 0 Å². The summed E-state index contributed by atoms with van der Waals surface area (Å²) in [5, 5.41) is 12.1. The normalized spacial score (nSPS) is 16.8. The van der Waals surface area contributed by atoms with E-state index in [0.717, 1.165) is 30.7 Å². The van der Waals surface area contributed by atoms with Crippen LogP contribution < -0.4 is 10.1 Å². The molecule has 0 radical (unpaired) electrons. The van der Waals surface area contributed by atoms with Gasteiger partial charge in [-0.2, -0.15) is 0 Å². The number of hydrogen-bond donors (Lipinski definition) is 2. The lowest BCUT2D eigenvalue weighted by atomic mass is 10.1. The van der Waals surface area contributed by atoms with Crippen LogP contribution >= 0.6 is 0 Å². The second-order valence-corrected chi connectivity index (χ2v) is 5.11. The van der Waals surface area contributed by atoms with Crippen LogP contribution in [-0.2, 0) is 13.0 Å². The standard InChI is InChI=1S/C16H15F2NO2/c17-14-6-11(9-20)7-15(18)16(14)21-13-3-1-2-10(5-13)4-12-8-19-12/h1-3,5-7,12,19-20H,4,8-9H2. The first-order valence-corrected chi connectivity index (χ1v) is 6.74. The highest BCUT2D eigenvalue weighted by Crippen LogP contribution is 2.29. The molecule has 0 spiro atoms. The fourth-order valence-corrected chi connectivity index (χ4v) is 2.17. The molecule has 2 aromatic rings. The minimum absolute atomic E-state index is 0.172. The Morgan fingerprint density at radius 1 is 1.14 bits per heavy atom. The third kappa shape index (κ3) is 3.37. The molecule has 0 saturated carbocycles. The molecule has 2 N–H and O–H groups in total. The van der Waals surface area contributed by atoms with E-state index >= 15 is 0 Å². The Hall–Kier alpha value is -1.98. The lowest BCUT2D eigenvalue weighted by molar-refractivity contribution is 0.279. The summed E-state index contributed by atoms with van der Waals surface area (Å²) in [6, 6.07) is 9.80. The van der Waals surface area contributed by atoms with Gasteiger partial charge in [0.1, 0.15) is 5.75 Å². The number of aliphatic hydroxyl groups excluding tert-OH is 1. The topological polar surface area (TPSA) is 51.4 Å². The van der Waals surface area contributed by atoms with Crippen LogP contribution in [0.3, 0.4) is 0 Å². The minimum Gasteiger partial charge on any atom is -0.451 e. The van der Waals surface area contributed by atoms with Crippen LogP contribution in [0.2, 0.25) is 0 Å². The molecule has 1 fully saturated rings. The molecular formula is C16H15F2NO2. The molecule has 0 aliphatic carbocycles. The van der Waals surface area contributed by atoms with Crippen molar-refractivity contribution in [1.82, 2.24) is 5.32 Å². The largest absolute Gasteiger partial charge is 0.451 e. The minimum atomic E-state index is -0.826. The summed E-state index contributed by atoms with van der Waals surface area (Å²) >= 11 is 0. The quantitative estimate of drug-likeness (QED) is 0.833. The summed E-state index contributed by atoms with van der Waals surface area (Å²) in [6.07, 6.45) is 0.867. The Kier molecular flexibility index (Phi) is 3.86. The van der Waals surface area contributed by atoms with Crippen LogP contribution in [0.25, 0.3) is 0 Å². The van der Waals surface area contributed by atoms with Gasteiger partial charge in [-0.05, 0) is 41.8 Å². The maximum Gasteiger partial charge on any atom is 0.198 e. The summed E-state index contributed by atoms with van der Waals surface area (Å²) < 4.78 is 33.0. The number of ether oxygens (including phenoxy) is 1. The maximum atomic E-state index is 13.8. The first-order chi connectivity index (χ1) is 10.2. The van der Waals surface area contributed by atoms with E-state index < -0.39 is 24.0 Å². The van der Waals surface area contributed by atoms with Crippen molar-refractivity contribution in [1.29, 1.82) is 0 Å². The second-order valence-electron chi connectivity index (χ2n) is 5.11. The van der Waals surface area contributed by atoms with Crippen molar-refractivity contribution >= 4 is 0 Å². The number of halogens is 2. The monoisotopic (exact) mass is 291 g/mol. The van der Waals surface area contributed by atoms with Gasteiger partial charge in [0.15, 0.2) is 17.4 Å². The molecule has 1 atom stereocenters. The predicted molar refractivity (Wildman–Crippen MR) is 74.3 cm³/mol. The van der Waals surface area contributed by atoms with Gasteiger partial charge in [0.2, 0.25) is 0 Å². The molecule has 3 nitrogen and oxygen atoms in total. The van der Waals surface area contributed by atoms with Gasteiger partial charge in [-0.3, -0.25) is 0 Å². The van der Waals surface area contributed by atoms with Crippen LogP contribution in [0.5, 0.6) is 11.5 Å². The molecule has 0 bridgehead atoms. The lowest BCUT2D eigenvalue weighted by Gasteiger charge is -2.10. The Morgan fingerprint density at radius 3 is 2.48 bits per heavy atom. The number of rotatable bonds is 5. The molecule has 1 saturated heterocycles. The van der Waals surface area contributed by atoms with E-state index in [2.05, 4.69) is 5.32 Å². The molecule has 21 heavy (non-hydrogen) atoms. The average molecular weight is 291 g/mol. The van der Waals surface area contributed by atoms with Crippen LogP contribution in [0.15, 0.2) is 36.4 Å². The molecule has 1 aliphatic rings. The van der Waals surface area contributed by atoms with E-state index in [1.54, 1.807) is 18.2 Å². The van der Waals surface area contributed by atoms with Crippen molar-refractivity contribution in [3.05, 3.63) is 59.2 Å². The molecular weight excluding hydrogens is 276 g/mol. The van der Waals surface area contributed by atoms with Crippen LogP contribution in [-0.4, -0.2) is 17.7 Å². The fraction of sp³-hybridized carbons (Fsp3) is 0.250. The van der Waals surface area contributed by atoms with Crippen LogP contribution in [0.1, 0.15) is 11.1 Å². The highest BCUT2D eigenvalue weighted by molar-refractivity contribution is 5.37. The summed E-state index contributed by atoms with van der Waals surface area (Å²) in [4.78, 5) is 0. The molecule has 0 aromatic heterocycles. The van der Waals surface area contributed by atoms with E-state index in [1.165, 1.54) is 0 Å². The Balaban J connectivity index is 1.82. The Bertz CT molecular complexity index is 633.